The Labute approximate surface area is 105 Å². The van der Waals surface area contributed by atoms with Crippen molar-refractivity contribution < 1.29 is 4.79 Å². The molecule has 2 aromatic rings. The Kier molecular flexibility index (Phi) is 3.57. The first kappa shape index (κ1) is 12.1. The average Bonchev–Trinajstić information content (AvgIpc) is 2.69. The summed E-state index contributed by atoms with van der Waals surface area (Å²) >= 11 is 0. The summed E-state index contributed by atoms with van der Waals surface area (Å²) in [7, 11) is 1.76. The SMILES string of the molecule is Cn1ncc(CNC(=O)Cc2ccncc2)c1N. The lowest BCUT2D eigenvalue weighted by atomic mass is 10.2. The highest BCUT2D eigenvalue weighted by Gasteiger charge is 2.07. The molecule has 0 aliphatic heterocycles. The fourth-order valence-corrected chi connectivity index (χ4v) is 1.57. The summed E-state index contributed by atoms with van der Waals surface area (Å²) in [5.41, 5.74) is 7.53. The number of nitrogens with zero attached hydrogens (tertiary/aromatic N) is 3. The van der Waals surface area contributed by atoms with Gasteiger partial charge in [-0.25, -0.2) is 0 Å². The van der Waals surface area contributed by atoms with Gasteiger partial charge < -0.3 is 11.1 Å². The number of carbonyl (C=O) groups is 1. The van der Waals surface area contributed by atoms with Crippen molar-refractivity contribution in [2.75, 3.05) is 5.73 Å². The Morgan fingerprint density at radius 2 is 2.17 bits per heavy atom. The minimum absolute atomic E-state index is 0.0514. The maximum atomic E-state index is 11.7. The molecule has 0 unspecified atom stereocenters. The number of aromatic nitrogens is 3. The Bertz CT molecular complexity index is 535. The number of pyridine rings is 1. The molecule has 0 saturated carbocycles. The van der Waals surface area contributed by atoms with E-state index in [2.05, 4.69) is 15.4 Å². The first-order valence-corrected chi connectivity index (χ1v) is 5.59. The van der Waals surface area contributed by atoms with Crippen molar-refractivity contribution in [1.29, 1.82) is 0 Å². The molecule has 6 heteroatoms. The van der Waals surface area contributed by atoms with E-state index in [1.807, 2.05) is 12.1 Å². The van der Waals surface area contributed by atoms with Gasteiger partial charge in [-0.05, 0) is 17.7 Å². The van der Waals surface area contributed by atoms with E-state index in [4.69, 9.17) is 5.73 Å². The molecule has 94 valence electrons. The van der Waals surface area contributed by atoms with Gasteiger partial charge in [-0.2, -0.15) is 5.10 Å². The monoisotopic (exact) mass is 245 g/mol. The first-order chi connectivity index (χ1) is 8.66. The fraction of sp³-hybridized carbons (Fsp3) is 0.250. The third kappa shape index (κ3) is 2.85. The number of aryl methyl sites for hydroxylation is 1. The van der Waals surface area contributed by atoms with Crippen molar-refractivity contribution in [2.24, 2.45) is 7.05 Å². The minimum Gasteiger partial charge on any atom is -0.384 e. The molecule has 0 aliphatic carbocycles. The van der Waals surface area contributed by atoms with E-state index in [0.717, 1.165) is 11.1 Å². The highest BCUT2D eigenvalue weighted by molar-refractivity contribution is 5.78. The van der Waals surface area contributed by atoms with Crippen LogP contribution in [0.4, 0.5) is 5.82 Å². The quantitative estimate of drug-likeness (QED) is 0.808. The van der Waals surface area contributed by atoms with Crippen LogP contribution in [0.1, 0.15) is 11.1 Å². The lowest BCUT2D eigenvalue weighted by molar-refractivity contribution is -0.120. The van der Waals surface area contributed by atoms with Crippen molar-refractivity contribution in [2.45, 2.75) is 13.0 Å². The number of hydrogen-bond acceptors (Lipinski definition) is 4. The number of amides is 1. The van der Waals surface area contributed by atoms with Crippen LogP contribution in [-0.4, -0.2) is 20.7 Å². The molecule has 2 aromatic heterocycles. The summed E-state index contributed by atoms with van der Waals surface area (Å²) in [6.07, 6.45) is 5.33. The number of anilines is 1. The second kappa shape index (κ2) is 5.31. The van der Waals surface area contributed by atoms with Crippen LogP contribution < -0.4 is 11.1 Å². The molecular formula is C12H15N5O. The van der Waals surface area contributed by atoms with Gasteiger partial charge >= 0.3 is 0 Å². The van der Waals surface area contributed by atoms with Crippen LogP contribution in [0.3, 0.4) is 0 Å². The zero-order valence-corrected chi connectivity index (χ0v) is 10.1. The van der Waals surface area contributed by atoms with E-state index >= 15 is 0 Å². The molecule has 0 spiro atoms. The van der Waals surface area contributed by atoms with Gasteiger partial charge in [-0.15, -0.1) is 0 Å². The van der Waals surface area contributed by atoms with Crippen molar-refractivity contribution in [3.05, 3.63) is 41.9 Å². The highest BCUT2D eigenvalue weighted by Crippen LogP contribution is 2.08. The summed E-state index contributed by atoms with van der Waals surface area (Å²) in [6.45, 7) is 0.392. The molecule has 2 rings (SSSR count). The number of rotatable bonds is 4. The molecule has 2 heterocycles. The Hall–Kier alpha value is -2.37. The summed E-state index contributed by atoms with van der Waals surface area (Å²) in [6, 6.07) is 3.63. The number of nitrogens with one attached hydrogen (secondary N) is 1. The molecule has 1 amide bonds. The van der Waals surface area contributed by atoms with Crippen molar-refractivity contribution in [3.63, 3.8) is 0 Å². The van der Waals surface area contributed by atoms with E-state index in [-0.39, 0.29) is 5.91 Å². The highest BCUT2D eigenvalue weighted by atomic mass is 16.1. The lowest BCUT2D eigenvalue weighted by Crippen LogP contribution is -2.24. The van der Waals surface area contributed by atoms with Gasteiger partial charge in [0.2, 0.25) is 5.91 Å². The molecule has 3 N–H and O–H groups in total. The van der Waals surface area contributed by atoms with Gasteiger partial charge in [-0.1, -0.05) is 0 Å². The molecule has 0 fully saturated rings. The minimum atomic E-state index is -0.0514. The second-order valence-corrected chi connectivity index (χ2v) is 3.99. The summed E-state index contributed by atoms with van der Waals surface area (Å²) in [5, 5.41) is 6.82. The largest absolute Gasteiger partial charge is 0.384 e. The molecule has 0 bridgehead atoms. The summed E-state index contributed by atoms with van der Waals surface area (Å²) in [5.74, 6) is 0.517. The number of hydrogen-bond donors (Lipinski definition) is 2. The lowest BCUT2D eigenvalue weighted by Gasteiger charge is -2.04. The zero-order valence-electron chi connectivity index (χ0n) is 10.1. The Balaban J connectivity index is 1.87. The first-order valence-electron chi connectivity index (χ1n) is 5.59. The topological polar surface area (TPSA) is 85.8 Å². The number of nitrogen functional groups attached to an aromatic ring is 1. The van der Waals surface area contributed by atoms with Gasteiger partial charge in [0.15, 0.2) is 0 Å². The van der Waals surface area contributed by atoms with Crippen LogP contribution in [0, 0.1) is 0 Å². The van der Waals surface area contributed by atoms with Gasteiger partial charge in [0.05, 0.1) is 12.6 Å². The third-order valence-electron chi connectivity index (χ3n) is 2.65. The molecule has 6 nitrogen and oxygen atoms in total. The van der Waals surface area contributed by atoms with Crippen LogP contribution in [-0.2, 0) is 24.8 Å². The predicted octanol–water partition coefficient (Wildman–Crippen LogP) is 0.256. The standard InChI is InChI=1S/C12H15N5O/c1-17-12(13)10(8-16-17)7-15-11(18)6-9-2-4-14-5-3-9/h2-5,8H,6-7,13H2,1H3,(H,15,18). The van der Waals surface area contributed by atoms with Gasteiger partial charge in [0.25, 0.3) is 0 Å². The van der Waals surface area contributed by atoms with Gasteiger partial charge in [0, 0.05) is 31.5 Å². The predicted molar refractivity (Wildman–Crippen MR) is 67.4 cm³/mol. The van der Waals surface area contributed by atoms with Gasteiger partial charge in [0.1, 0.15) is 5.82 Å². The number of nitrogens with two attached hydrogens (primary N) is 1. The third-order valence-corrected chi connectivity index (χ3v) is 2.65. The second-order valence-electron chi connectivity index (χ2n) is 3.99. The average molecular weight is 245 g/mol. The molecule has 0 saturated heterocycles. The molecule has 0 radical (unpaired) electrons. The van der Waals surface area contributed by atoms with E-state index in [0.29, 0.717) is 18.8 Å². The van der Waals surface area contributed by atoms with Crippen molar-refractivity contribution in [1.82, 2.24) is 20.1 Å². The van der Waals surface area contributed by atoms with E-state index in [1.54, 1.807) is 30.3 Å². The van der Waals surface area contributed by atoms with E-state index in [1.165, 1.54) is 0 Å². The Morgan fingerprint density at radius 3 is 2.78 bits per heavy atom. The number of carbonyl (C=O) groups excluding carboxylic acids is 1. The van der Waals surface area contributed by atoms with Gasteiger partial charge in [-0.3, -0.25) is 14.5 Å². The van der Waals surface area contributed by atoms with Crippen LogP contribution >= 0.6 is 0 Å². The Morgan fingerprint density at radius 1 is 1.44 bits per heavy atom. The molecule has 0 atom stereocenters. The van der Waals surface area contributed by atoms with Crippen molar-refractivity contribution in [3.8, 4) is 0 Å². The molecule has 0 aliphatic rings. The van der Waals surface area contributed by atoms with E-state index in [9.17, 15) is 4.79 Å². The summed E-state index contributed by atoms with van der Waals surface area (Å²) in [4.78, 5) is 15.6. The normalized spacial score (nSPS) is 10.3. The van der Waals surface area contributed by atoms with Crippen LogP contribution in [0.2, 0.25) is 0 Å². The molecule has 18 heavy (non-hydrogen) atoms. The van der Waals surface area contributed by atoms with E-state index < -0.39 is 0 Å². The zero-order chi connectivity index (χ0) is 13.0. The van der Waals surface area contributed by atoms with Crippen LogP contribution in [0.25, 0.3) is 0 Å². The van der Waals surface area contributed by atoms with Crippen molar-refractivity contribution >= 4 is 11.7 Å². The molecular weight excluding hydrogens is 230 g/mol. The molecule has 0 aromatic carbocycles. The maximum absolute atomic E-state index is 11.7. The summed E-state index contributed by atoms with van der Waals surface area (Å²) < 4.78 is 1.57. The van der Waals surface area contributed by atoms with Crippen LogP contribution in [0.5, 0.6) is 0 Å². The fourth-order valence-electron chi connectivity index (χ4n) is 1.57. The smallest absolute Gasteiger partial charge is 0.224 e. The van der Waals surface area contributed by atoms with Crippen LogP contribution in [0.15, 0.2) is 30.7 Å². The maximum Gasteiger partial charge on any atom is 0.224 e.